The van der Waals surface area contributed by atoms with E-state index in [1.165, 1.54) is 6.07 Å². The van der Waals surface area contributed by atoms with Crippen LogP contribution in [-0.2, 0) is 4.74 Å². The second-order valence-corrected chi connectivity index (χ2v) is 5.97. The van der Waals surface area contributed by atoms with Gasteiger partial charge in [0.1, 0.15) is 11.3 Å². The fraction of sp³-hybridized carbons (Fsp3) is 0.250. The van der Waals surface area contributed by atoms with E-state index >= 15 is 0 Å². The average Bonchev–Trinajstić information content (AvgIpc) is 3.00. The molecule has 1 aromatic carbocycles. The van der Waals surface area contributed by atoms with Crippen LogP contribution < -0.4 is 10.2 Å². The number of anilines is 3. The maximum Gasteiger partial charge on any atom is 0.207 e. The minimum Gasteiger partial charge on any atom is -0.506 e. The van der Waals surface area contributed by atoms with E-state index in [-0.39, 0.29) is 5.75 Å². The summed E-state index contributed by atoms with van der Waals surface area (Å²) >= 11 is 5.96. The molecule has 3 N–H and O–H groups in total. The average molecular weight is 346 g/mol. The summed E-state index contributed by atoms with van der Waals surface area (Å²) in [6.45, 7) is 3.14. The number of nitrogens with one attached hydrogen (secondary N) is 2. The van der Waals surface area contributed by atoms with Crippen molar-refractivity contribution in [2.45, 2.75) is 0 Å². The number of hydrogen-bond acceptors (Lipinski definition) is 6. The van der Waals surface area contributed by atoms with Crippen LogP contribution in [0.4, 0.5) is 17.3 Å². The van der Waals surface area contributed by atoms with E-state index in [4.69, 9.17) is 16.3 Å². The third kappa shape index (κ3) is 2.95. The van der Waals surface area contributed by atoms with Gasteiger partial charge in [-0.25, -0.2) is 9.97 Å². The van der Waals surface area contributed by atoms with Crippen molar-refractivity contribution in [1.82, 2.24) is 15.0 Å². The normalized spacial score (nSPS) is 15.0. The fourth-order valence-corrected chi connectivity index (χ4v) is 2.85. The van der Waals surface area contributed by atoms with Crippen LogP contribution in [0.25, 0.3) is 11.2 Å². The van der Waals surface area contributed by atoms with Gasteiger partial charge in [-0.05, 0) is 24.3 Å². The molecule has 0 aliphatic carbocycles. The molecule has 8 heteroatoms. The van der Waals surface area contributed by atoms with Gasteiger partial charge in [-0.3, -0.25) is 0 Å². The Labute approximate surface area is 143 Å². The fourth-order valence-electron chi connectivity index (χ4n) is 2.67. The number of hydrogen-bond donors (Lipinski definition) is 3. The van der Waals surface area contributed by atoms with E-state index in [9.17, 15) is 5.11 Å². The van der Waals surface area contributed by atoms with Crippen molar-refractivity contribution in [3.63, 3.8) is 0 Å². The molecule has 1 aliphatic heterocycles. The van der Waals surface area contributed by atoms with Crippen molar-refractivity contribution >= 4 is 40.1 Å². The highest BCUT2D eigenvalue weighted by Gasteiger charge is 2.14. The van der Waals surface area contributed by atoms with Crippen LogP contribution in [0.1, 0.15) is 0 Å². The summed E-state index contributed by atoms with van der Waals surface area (Å²) in [7, 11) is 0. The molecule has 1 saturated heterocycles. The highest BCUT2D eigenvalue weighted by Crippen LogP contribution is 2.29. The molecule has 0 saturated carbocycles. The van der Waals surface area contributed by atoms with E-state index < -0.39 is 0 Å². The molecule has 0 bridgehead atoms. The number of fused-ring (bicyclic) bond motifs is 1. The Morgan fingerprint density at radius 1 is 1.25 bits per heavy atom. The van der Waals surface area contributed by atoms with E-state index in [1.807, 2.05) is 12.3 Å². The number of morpholine rings is 1. The number of imidazole rings is 1. The molecule has 3 heterocycles. The van der Waals surface area contributed by atoms with Gasteiger partial charge in [0.15, 0.2) is 5.65 Å². The molecule has 124 valence electrons. The van der Waals surface area contributed by atoms with E-state index in [0.29, 0.717) is 22.3 Å². The quantitative estimate of drug-likeness (QED) is 0.633. The standard InChI is InChI=1S/C16H16ClN5O2/c17-10-1-2-14(23)12(7-10)19-16-20-13-8-11(9-18-15(13)21-16)22-3-5-24-6-4-22/h1-2,7-9,23H,3-6H2,(H2,18,19,20,21). The SMILES string of the molecule is Oc1ccc(Cl)cc1Nc1nc2cc(N3CCOCC3)cnc2[nH]1. The first kappa shape index (κ1) is 15.0. The first-order valence-electron chi connectivity index (χ1n) is 7.63. The minimum atomic E-state index is 0.0989. The number of aromatic amines is 1. The second-order valence-electron chi connectivity index (χ2n) is 5.53. The van der Waals surface area contributed by atoms with Gasteiger partial charge in [0.05, 0.1) is 30.8 Å². The summed E-state index contributed by atoms with van der Waals surface area (Å²) in [5, 5.41) is 13.4. The summed E-state index contributed by atoms with van der Waals surface area (Å²) in [5.41, 5.74) is 2.93. The maximum atomic E-state index is 9.89. The summed E-state index contributed by atoms with van der Waals surface area (Å²) in [6.07, 6.45) is 1.83. The Bertz CT molecular complexity index is 876. The number of benzene rings is 1. The molecular formula is C16H16ClN5O2. The number of halogens is 1. The van der Waals surface area contributed by atoms with Gasteiger partial charge in [-0.15, -0.1) is 0 Å². The Morgan fingerprint density at radius 2 is 2.08 bits per heavy atom. The number of ether oxygens (including phenoxy) is 1. The molecule has 24 heavy (non-hydrogen) atoms. The predicted molar refractivity (Wildman–Crippen MR) is 93.3 cm³/mol. The third-order valence-electron chi connectivity index (χ3n) is 3.91. The third-order valence-corrected chi connectivity index (χ3v) is 4.15. The van der Waals surface area contributed by atoms with Gasteiger partial charge >= 0.3 is 0 Å². The molecule has 2 aromatic heterocycles. The molecule has 7 nitrogen and oxygen atoms in total. The first-order chi connectivity index (χ1) is 11.7. The van der Waals surface area contributed by atoms with Crippen LogP contribution in [0.5, 0.6) is 5.75 Å². The molecule has 0 atom stereocenters. The van der Waals surface area contributed by atoms with Gasteiger partial charge in [0.2, 0.25) is 5.95 Å². The predicted octanol–water partition coefficient (Wildman–Crippen LogP) is 2.90. The zero-order valence-corrected chi connectivity index (χ0v) is 13.5. The highest BCUT2D eigenvalue weighted by atomic mass is 35.5. The van der Waals surface area contributed by atoms with Crippen LogP contribution in [0.2, 0.25) is 5.02 Å². The number of rotatable bonds is 3. The molecule has 1 aliphatic rings. The van der Waals surface area contributed by atoms with Crippen molar-refractivity contribution < 1.29 is 9.84 Å². The van der Waals surface area contributed by atoms with Gasteiger partial charge < -0.3 is 25.0 Å². The number of nitrogens with zero attached hydrogens (tertiary/aromatic N) is 3. The van der Waals surface area contributed by atoms with Crippen molar-refractivity contribution in [2.24, 2.45) is 0 Å². The van der Waals surface area contributed by atoms with Crippen molar-refractivity contribution in [1.29, 1.82) is 0 Å². The van der Waals surface area contributed by atoms with Crippen molar-refractivity contribution in [3.05, 3.63) is 35.5 Å². The molecular weight excluding hydrogens is 330 g/mol. The molecule has 0 unspecified atom stereocenters. The van der Waals surface area contributed by atoms with Crippen LogP contribution in [-0.4, -0.2) is 46.4 Å². The van der Waals surface area contributed by atoms with Crippen LogP contribution in [0, 0.1) is 0 Å². The van der Waals surface area contributed by atoms with Crippen LogP contribution in [0.15, 0.2) is 30.5 Å². The summed E-state index contributed by atoms with van der Waals surface area (Å²) in [6, 6.07) is 6.78. The highest BCUT2D eigenvalue weighted by molar-refractivity contribution is 6.30. The molecule has 1 fully saturated rings. The molecule has 0 radical (unpaired) electrons. The lowest BCUT2D eigenvalue weighted by Crippen LogP contribution is -2.36. The summed E-state index contributed by atoms with van der Waals surface area (Å²) in [4.78, 5) is 14.2. The van der Waals surface area contributed by atoms with Crippen molar-refractivity contribution in [2.75, 3.05) is 36.5 Å². The Morgan fingerprint density at radius 3 is 2.92 bits per heavy atom. The lowest BCUT2D eigenvalue weighted by atomic mass is 10.3. The number of aromatic hydroxyl groups is 1. The van der Waals surface area contributed by atoms with Crippen molar-refractivity contribution in [3.8, 4) is 5.75 Å². The second kappa shape index (κ2) is 6.18. The zero-order chi connectivity index (χ0) is 16.5. The van der Waals surface area contributed by atoms with Gasteiger partial charge in [-0.1, -0.05) is 11.6 Å². The summed E-state index contributed by atoms with van der Waals surface area (Å²) in [5.74, 6) is 0.594. The van der Waals surface area contributed by atoms with E-state index in [1.54, 1.807) is 12.1 Å². The van der Waals surface area contributed by atoms with Gasteiger partial charge in [0.25, 0.3) is 0 Å². The molecule has 4 rings (SSSR count). The lowest BCUT2D eigenvalue weighted by molar-refractivity contribution is 0.122. The Kier molecular flexibility index (Phi) is 3.87. The smallest absolute Gasteiger partial charge is 0.207 e. The number of pyridine rings is 1. The van der Waals surface area contributed by atoms with E-state index in [2.05, 4.69) is 25.2 Å². The first-order valence-corrected chi connectivity index (χ1v) is 8.01. The van der Waals surface area contributed by atoms with Crippen LogP contribution >= 0.6 is 11.6 Å². The van der Waals surface area contributed by atoms with Gasteiger partial charge in [-0.2, -0.15) is 0 Å². The van der Waals surface area contributed by atoms with Gasteiger partial charge in [0, 0.05) is 18.1 Å². The minimum absolute atomic E-state index is 0.0989. The Hall–Kier alpha value is -2.51. The van der Waals surface area contributed by atoms with E-state index in [0.717, 1.165) is 37.5 Å². The maximum absolute atomic E-state index is 9.89. The molecule has 0 spiro atoms. The van der Waals surface area contributed by atoms with Crippen LogP contribution in [0.3, 0.4) is 0 Å². The zero-order valence-electron chi connectivity index (χ0n) is 12.8. The summed E-state index contributed by atoms with van der Waals surface area (Å²) < 4.78 is 5.37. The monoisotopic (exact) mass is 345 g/mol. The number of H-pyrrole nitrogens is 1. The number of phenols is 1. The molecule has 3 aromatic rings. The topological polar surface area (TPSA) is 86.3 Å². The number of phenolic OH excluding ortho intramolecular Hbond substituents is 1. The largest absolute Gasteiger partial charge is 0.506 e. The lowest BCUT2D eigenvalue weighted by Gasteiger charge is -2.28. The number of aromatic nitrogens is 3. The Balaban J connectivity index is 1.62. The molecule has 0 amide bonds.